The van der Waals surface area contributed by atoms with Gasteiger partial charge in [0.05, 0.1) is 6.07 Å². The van der Waals surface area contributed by atoms with Crippen LogP contribution in [-0.2, 0) is 12.8 Å². The van der Waals surface area contributed by atoms with Crippen LogP contribution >= 0.6 is 0 Å². The van der Waals surface area contributed by atoms with E-state index in [-0.39, 0.29) is 5.54 Å². The lowest BCUT2D eigenvalue weighted by atomic mass is 9.80. The molecule has 2 bridgehead atoms. The van der Waals surface area contributed by atoms with Crippen molar-refractivity contribution in [3.05, 3.63) is 48.0 Å². The smallest absolute Gasteiger partial charge is 0.113 e. The zero-order valence-corrected chi connectivity index (χ0v) is 11.2. The zero-order valence-electron chi connectivity index (χ0n) is 11.2. The molecule has 2 heteroatoms. The fraction of sp³-hybridized carbons (Fsp3) is 0.471. The molecule has 19 heavy (non-hydrogen) atoms. The van der Waals surface area contributed by atoms with Gasteiger partial charge in [-0.25, -0.2) is 0 Å². The van der Waals surface area contributed by atoms with Gasteiger partial charge in [0.25, 0.3) is 0 Å². The van der Waals surface area contributed by atoms with Gasteiger partial charge < -0.3 is 0 Å². The molecule has 2 unspecified atom stereocenters. The Balaban J connectivity index is 1.98. The van der Waals surface area contributed by atoms with E-state index in [2.05, 4.69) is 42.2 Å². The Morgan fingerprint density at radius 1 is 1.26 bits per heavy atom. The second kappa shape index (κ2) is 4.83. The largest absolute Gasteiger partial charge is 0.295 e. The minimum absolute atomic E-state index is 0.354. The highest BCUT2D eigenvalue weighted by Crippen LogP contribution is 2.46. The maximum Gasteiger partial charge on any atom is 0.113 e. The van der Waals surface area contributed by atoms with E-state index in [0.717, 1.165) is 32.2 Å². The lowest BCUT2D eigenvalue weighted by Crippen LogP contribution is -2.52. The molecule has 0 heterocycles. The van der Waals surface area contributed by atoms with Gasteiger partial charge in [0.15, 0.2) is 0 Å². The summed E-state index contributed by atoms with van der Waals surface area (Å²) in [5, 5.41) is 13.3. The van der Waals surface area contributed by atoms with Crippen LogP contribution < -0.4 is 5.32 Å². The van der Waals surface area contributed by atoms with Crippen LogP contribution in [0.1, 0.15) is 24.0 Å². The summed E-state index contributed by atoms with van der Waals surface area (Å²) in [6.07, 6.45) is 6.25. The molecule has 1 N–H and O–H groups in total. The molecule has 2 atom stereocenters. The van der Waals surface area contributed by atoms with E-state index in [0.29, 0.717) is 11.8 Å². The van der Waals surface area contributed by atoms with E-state index >= 15 is 0 Å². The first kappa shape index (κ1) is 12.4. The minimum Gasteiger partial charge on any atom is -0.295 e. The number of nitriles is 1. The Bertz CT molecular complexity index is 493. The van der Waals surface area contributed by atoms with Crippen LogP contribution in [0.4, 0.5) is 0 Å². The maximum absolute atomic E-state index is 9.81. The molecule has 2 nitrogen and oxygen atoms in total. The second-order valence-corrected chi connectivity index (χ2v) is 5.80. The molecule has 0 saturated heterocycles. The van der Waals surface area contributed by atoms with Gasteiger partial charge in [-0.3, -0.25) is 5.32 Å². The van der Waals surface area contributed by atoms with E-state index in [1.807, 2.05) is 6.08 Å². The second-order valence-electron chi connectivity index (χ2n) is 5.80. The van der Waals surface area contributed by atoms with Crippen molar-refractivity contribution < 1.29 is 0 Å². The van der Waals surface area contributed by atoms with Crippen molar-refractivity contribution in [2.75, 3.05) is 6.54 Å². The lowest BCUT2D eigenvalue weighted by molar-refractivity contribution is 0.266. The molecule has 3 rings (SSSR count). The Morgan fingerprint density at radius 3 is 2.32 bits per heavy atom. The highest BCUT2D eigenvalue weighted by Gasteiger charge is 2.51. The monoisotopic (exact) mass is 252 g/mol. The first-order chi connectivity index (χ1) is 9.30. The van der Waals surface area contributed by atoms with Crippen LogP contribution in [0.25, 0.3) is 0 Å². The maximum atomic E-state index is 9.81. The molecule has 2 aliphatic carbocycles. The van der Waals surface area contributed by atoms with Crippen molar-refractivity contribution >= 4 is 0 Å². The van der Waals surface area contributed by atoms with Crippen molar-refractivity contribution in [1.82, 2.24) is 5.32 Å². The van der Waals surface area contributed by atoms with Crippen LogP contribution in [0.2, 0.25) is 0 Å². The van der Waals surface area contributed by atoms with Gasteiger partial charge >= 0.3 is 0 Å². The Hall–Kier alpha value is -1.59. The lowest BCUT2D eigenvalue weighted by Gasteiger charge is -2.33. The Kier molecular flexibility index (Phi) is 3.16. The quantitative estimate of drug-likeness (QED) is 0.840. The summed E-state index contributed by atoms with van der Waals surface area (Å²) >= 11 is 0. The third-order valence-electron chi connectivity index (χ3n) is 4.93. The van der Waals surface area contributed by atoms with E-state index < -0.39 is 0 Å². The van der Waals surface area contributed by atoms with Crippen LogP contribution in [0.5, 0.6) is 0 Å². The molecule has 1 aromatic rings. The molecule has 0 radical (unpaired) electrons. The van der Waals surface area contributed by atoms with Gasteiger partial charge in [0.2, 0.25) is 0 Å². The molecular weight excluding hydrogens is 232 g/mol. The van der Waals surface area contributed by atoms with Gasteiger partial charge in [-0.1, -0.05) is 30.3 Å². The molecular formula is C17H20N2. The summed E-state index contributed by atoms with van der Waals surface area (Å²) in [6, 6.07) is 11.3. The van der Waals surface area contributed by atoms with Crippen molar-refractivity contribution in [2.24, 2.45) is 11.8 Å². The average Bonchev–Trinajstić information content (AvgIpc) is 2.68. The number of hydrogen-bond donors (Lipinski definition) is 1. The van der Waals surface area contributed by atoms with Gasteiger partial charge in [-0.15, -0.1) is 6.58 Å². The van der Waals surface area contributed by atoms with Crippen molar-refractivity contribution in [2.45, 2.75) is 31.2 Å². The van der Waals surface area contributed by atoms with Crippen molar-refractivity contribution in [3.63, 3.8) is 0 Å². The van der Waals surface area contributed by atoms with E-state index in [4.69, 9.17) is 0 Å². The first-order valence-corrected chi connectivity index (χ1v) is 7.14. The number of nitrogens with one attached hydrogen (secondary N) is 1. The molecule has 1 fully saturated rings. The van der Waals surface area contributed by atoms with Gasteiger partial charge in [0, 0.05) is 6.54 Å². The fourth-order valence-corrected chi connectivity index (χ4v) is 3.96. The van der Waals surface area contributed by atoms with Crippen LogP contribution in [0, 0.1) is 23.2 Å². The van der Waals surface area contributed by atoms with Gasteiger partial charge in [-0.05, 0) is 48.6 Å². The molecule has 98 valence electrons. The average molecular weight is 252 g/mol. The van der Waals surface area contributed by atoms with E-state index in [9.17, 15) is 5.26 Å². The van der Waals surface area contributed by atoms with E-state index in [1.54, 1.807) is 0 Å². The minimum atomic E-state index is -0.354. The predicted molar refractivity (Wildman–Crippen MR) is 76.6 cm³/mol. The Morgan fingerprint density at radius 2 is 1.84 bits per heavy atom. The highest BCUT2D eigenvalue weighted by atomic mass is 15.0. The van der Waals surface area contributed by atoms with Gasteiger partial charge in [0.1, 0.15) is 5.54 Å². The predicted octanol–water partition coefficient (Wildman–Crippen LogP) is 2.85. The summed E-state index contributed by atoms with van der Waals surface area (Å²) in [4.78, 5) is 0. The summed E-state index contributed by atoms with van der Waals surface area (Å²) in [7, 11) is 0. The molecule has 0 amide bonds. The number of fused-ring (bicyclic) bond motifs is 3. The highest BCUT2D eigenvalue weighted by molar-refractivity contribution is 5.35. The van der Waals surface area contributed by atoms with E-state index in [1.165, 1.54) is 11.1 Å². The topological polar surface area (TPSA) is 35.8 Å². The summed E-state index contributed by atoms with van der Waals surface area (Å²) in [5.74, 6) is 0.872. The Labute approximate surface area is 115 Å². The SMILES string of the molecule is C=CCNC1(C#N)C2CCC1Cc1ccccc1C2. The normalized spacial score (nSPS) is 32.2. The third-order valence-corrected chi connectivity index (χ3v) is 4.93. The van der Waals surface area contributed by atoms with Crippen LogP contribution in [-0.4, -0.2) is 12.1 Å². The zero-order chi connectivity index (χ0) is 13.3. The molecule has 0 aliphatic heterocycles. The molecule has 0 spiro atoms. The van der Waals surface area contributed by atoms with Crippen molar-refractivity contribution in [1.29, 1.82) is 5.26 Å². The molecule has 1 saturated carbocycles. The third kappa shape index (κ3) is 1.89. The van der Waals surface area contributed by atoms with Gasteiger partial charge in [-0.2, -0.15) is 5.26 Å². The van der Waals surface area contributed by atoms with Crippen LogP contribution in [0.15, 0.2) is 36.9 Å². The molecule has 0 aromatic heterocycles. The number of hydrogen-bond acceptors (Lipinski definition) is 2. The summed E-state index contributed by atoms with van der Waals surface area (Å²) < 4.78 is 0. The van der Waals surface area contributed by atoms with Crippen molar-refractivity contribution in [3.8, 4) is 6.07 Å². The standard InChI is InChI=1S/C17H20N2/c1-2-9-19-17(12-18)15-7-8-16(17)11-14-6-4-3-5-13(14)10-15/h2-6,15-16,19H,1,7-11H2. The number of benzene rings is 1. The first-order valence-electron chi connectivity index (χ1n) is 7.14. The molecule has 1 aromatic carbocycles. The fourth-order valence-electron chi connectivity index (χ4n) is 3.96. The number of rotatable bonds is 3. The summed E-state index contributed by atoms with van der Waals surface area (Å²) in [5.41, 5.74) is 2.53. The van der Waals surface area contributed by atoms with Crippen LogP contribution in [0.3, 0.4) is 0 Å². The number of nitrogens with zero attached hydrogens (tertiary/aromatic N) is 1. The summed E-state index contributed by atoms with van der Waals surface area (Å²) in [6.45, 7) is 4.49. The molecule has 2 aliphatic rings.